The molecule has 0 spiro atoms. The number of benzene rings is 1. The molecular formula is C20H26N2O2. The average Bonchev–Trinajstić information content (AvgIpc) is 2.68. The molecular weight excluding hydrogens is 300 g/mol. The zero-order valence-electron chi connectivity index (χ0n) is 14.1. The lowest BCUT2D eigenvalue weighted by Gasteiger charge is -2.40. The van der Waals surface area contributed by atoms with Gasteiger partial charge in [-0.2, -0.15) is 0 Å². The first kappa shape index (κ1) is 15.9. The number of carbonyl (C=O) groups is 1. The van der Waals surface area contributed by atoms with Crippen LogP contribution in [-0.4, -0.2) is 49.2 Å². The molecule has 1 amide bonds. The maximum absolute atomic E-state index is 12.9. The van der Waals surface area contributed by atoms with E-state index in [1.165, 1.54) is 11.1 Å². The van der Waals surface area contributed by atoms with E-state index in [4.69, 9.17) is 4.74 Å². The van der Waals surface area contributed by atoms with Gasteiger partial charge >= 0.3 is 0 Å². The van der Waals surface area contributed by atoms with Crippen LogP contribution in [0.3, 0.4) is 0 Å². The van der Waals surface area contributed by atoms with Crippen LogP contribution < -0.4 is 5.32 Å². The minimum atomic E-state index is 0.159. The first-order valence-corrected chi connectivity index (χ1v) is 9.19. The third-order valence-electron chi connectivity index (χ3n) is 5.64. The van der Waals surface area contributed by atoms with Gasteiger partial charge in [0.1, 0.15) is 0 Å². The predicted molar refractivity (Wildman–Crippen MR) is 94.5 cm³/mol. The summed E-state index contributed by atoms with van der Waals surface area (Å²) in [6.45, 7) is 3.31. The molecule has 128 valence electrons. The summed E-state index contributed by atoms with van der Waals surface area (Å²) in [5, 5.41) is 3.53. The summed E-state index contributed by atoms with van der Waals surface area (Å²) in [5.74, 6) is 0.497. The van der Waals surface area contributed by atoms with Crippen molar-refractivity contribution in [3.63, 3.8) is 0 Å². The highest BCUT2D eigenvalue weighted by Gasteiger charge is 2.37. The zero-order chi connectivity index (χ0) is 16.4. The molecule has 3 aliphatic rings. The highest BCUT2D eigenvalue weighted by Crippen LogP contribution is 2.31. The number of fused-ring (bicyclic) bond motifs is 1. The van der Waals surface area contributed by atoms with Crippen LogP contribution in [0.25, 0.3) is 5.57 Å². The molecule has 2 heterocycles. The minimum Gasteiger partial charge on any atom is -0.375 e. The van der Waals surface area contributed by atoms with Crippen LogP contribution in [0.4, 0.5) is 0 Å². The summed E-state index contributed by atoms with van der Waals surface area (Å²) >= 11 is 0. The Morgan fingerprint density at radius 3 is 2.88 bits per heavy atom. The standard InChI is InChI=1S/C20H26N2O2/c23-20(17-6-7-19-18(14-17)21-10-13-24-19)22-11-8-16(9-12-22)15-4-2-1-3-5-15/h1-5,8,17-19,21H,6-7,9-14H2/t17-,18+,19+/m0/s1. The topological polar surface area (TPSA) is 41.6 Å². The Balaban J connectivity index is 1.37. The molecule has 1 aromatic rings. The van der Waals surface area contributed by atoms with Crippen LogP contribution in [0.2, 0.25) is 0 Å². The van der Waals surface area contributed by atoms with Crippen LogP contribution >= 0.6 is 0 Å². The molecule has 1 aromatic carbocycles. The van der Waals surface area contributed by atoms with E-state index in [9.17, 15) is 4.79 Å². The minimum absolute atomic E-state index is 0.159. The lowest BCUT2D eigenvalue weighted by Crippen LogP contribution is -2.53. The molecule has 3 atom stereocenters. The molecule has 1 aliphatic carbocycles. The van der Waals surface area contributed by atoms with Gasteiger partial charge in [0.15, 0.2) is 0 Å². The van der Waals surface area contributed by atoms with Crippen molar-refractivity contribution in [3.8, 4) is 0 Å². The summed E-state index contributed by atoms with van der Waals surface area (Å²) in [4.78, 5) is 14.9. The van der Waals surface area contributed by atoms with Gasteiger partial charge < -0.3 is 15.0 Å². The van der Waals surface area contributed by atoms with E-state index < -0.39 is 0 Å². The average molecular weight is 326 g/mol. The Bertz CT molecular complexity index is 613. The van der Waals surface area contributed by atoms with Crippen LogP contribution in [0.15, 0.2) is 36.4 Å². The maximum atomic E-state index is 12.9. The summed E-state index contributed by atoms with van der Waals surface area (Å²) in [5.41, 5.74) is 2.65. The van der Waals surface area contributed by atoms with Crippen molar-refractivity contribution in [2.24, 2.45) is 5.92 Å². The molecule has 1 saturated heterocycles. The summed E-state index contributed by atoms with van der Waals surface area (Å²) in [6.07, 6.45) is 6.39. The quantitative estimate of drug-likeness (QED) is 0.908. The van der Waals surface area contributed by atoms with Crippen LogP contribution in [0, 0.1) is 5.92 Å². The smallest absolute Gasteiger partial charge is 0.226 e. The van der Waals surface area contributed by atoms with E-state index >= 15 is 0 Å². The SMILES string of the molecule is O=C([C@H]1CC[C@H]2OCCN[C@@H]2C1)N1CC=C(c2ccccc2)CC1. The Morgan fingerprint density at radius 2 is 2.08 bits per heavy atom. The molecule has 4 nitrogen and oxygen atoms in total. The van der Waals surface area contributed by atoms with Gasteiger partial charge in [-0.1, -0.05) is 36.4 Å². The van der Waals surface area contributed by atoms with Crippen LogP contribution in [-0.2, 0) is 9.53 Å². The number of ether oxygens (including phenoxy) is 1. The van der Waals surface area contributed by atoms with Crippen molar-refractivity contribution in [2.75, 3.05) is 26.2 Å². The number of carbonyl (C=O) groups excluding carboxylic acids is 1. The van der Waals surface area contributed by atoms with E-state index in [1.807, 2.05) is 11.0 Å². The fraction of sp³-hybridized carbons (Fsp3) is 0.550. The van der Waals surface area contributed by atoms with Gasteiger partial charge in [-0.15, -0.1) is 0 Å². The molecule has 4 heteroatoms. The van der Waals surface area contributed by atoms with E-state index in [0.29, 0.717) is 18.1 Å². The van der Waals surface area contributed by atoms with Gasteiger partial charge in [-0.05, 0) is 36.8 Å². The number of nitrogens with zero attached hydrogens (tertiary/aromatic N) is 1. The first-order valence-electron chi connectivity index (χ1n) is 9.19. The van der Waals surface area contributed by atoms with Gasteiger partial charge in [0, 0.05) is 31.6 Å². The van der Waals surface area contributed by atoms with E-state index in [-0.39, 0.29) is 5.92 Å². The molecule has 0 bridgehead atoms. The highest BCUT2D eigenvalue weighted by molar-refractivity contribution is 5.80. The summed E-state index contributed by atoms with van der Waals surface area (Å²) < 4.78 is 5.82. The van der Waals surface area contributed by atoms with E-state index in [2.05, 4.69) is 35.7 Å². The van der Waals surface area contributed by atoms with Crippen molar-refractivity contribution < 1.29 is 9.53 Å². The third kappa shape index (κ3) is 3.26. The molecule has 2 fully saturated rings. The second-order valence-electron chi connectivity index (χ2n) is 7.11. The number of amides is 1. The van der Waals surface area contributed by atoms with E-state index in [1.54, 1.807) is 0 Å². The Morgan fingerprint density at radius 1 is 1.21 bits per heavy atom. The van der Waals surface area contributed by atoms with E-state index in [0.717, 1.165) is 51.9 Å². The molecule has 4 rings (SSSR count). The molecule has 24 heavy (non-hydrogen) atoms. The molecule has 2 aliphatic heterocycles. The lowest BCUT2D eigenvalue weighted by atomic mass is 9.82. The number of morpholine rings is 1. The Labute approximate surface area is 143 Å². The summed E-state index contributed by atoms with van der Waals surface area (Å²) in [7, 11) is 0. The zero-order valence-corrected chi connectivity index (χ0v) is 14.1. The maximum Gasteiger partial charge on any atom is 0.226 e. The van der Waals surface area contributed by atoms with Gasteiger partial charge in [0.25, 0.3) is 0 Å². The number of rotatable bonds is 2. The first-order chi connectivity index (χ1) is 11.8. The van der Waals surface area contributed by atoms with Crippen molar-refractivity contribution in [1.29, 1.82) is 0 Å². The monoisotopic (exact) mass is 326 g/mol. The van der Waals surface area contributed by atoms with Gasteiger partial charge in [-0.25, -0.2) is 0 Å². The fourth-order valence-corrected chi connectivity index (χ4v) is 4.28. The van der Waals surface area contributed by atoms with Crippen LogP contribution in [0.5, 0.6) is 0 Å². The largest absolute Gasteiger partial charge is 0.375 e. The molecule has 0 radical (unpaired) electrons. The lowest BCUT2D eigenvalue weighted by molar-refractivity contribution is -0.138. The number of hydrogen-bond donors (Lipinski definition) is 1. The number of nitrogens with one attached hydrogen (secondary N) is 1. The normalized spacial score (nSPS) is 30.4. The third-order valence-corrected chi connectivity index (χ3v) is 5.64. The number of hydrogen-bond acceptors (Lipinski definition) is 3. The van der Waals surface area contributed by atoms with Crippen molar-refractivity contribution in [3.05, 3.63) is 42.0 Å². The summed E-state index contributed by atoms with van der Waals surface area (Å²) in [6, 6.07) is 10.9. The molecule has 0 aromatic heterocycles. The van der Waals surface area contributed by atoms with Crippen LogP contribution in [0.1, 0.15) is 31.2 Å². The fourth-order valence-electron chi connectivity index (χ4n) is 4.28. The van der Waals surface area contributed by atoms with Gasteiger partial charge in [-0.3, -0.25) is 4.79 Å². The van der Waals surface area contributed by atoms with Gasteiger partial charge in [0.2, 0.25) is 5.91 Å². The molecule has 1 saturated carbocycles. The van der Waals surface area contributed by atoms with Crippen molar-refractivity contribution in [2.45, 2.75) is 37.8 Å². The predicted octanol–water partition coefficient (Wildman–Crippen LogP) is 2.46. The molecule has 0 unspecified atom stereocenters. The Hall–Kier alpha value is -1.65. The highest BCUT2D eigenvalue weighted by atomic mass is 16.5. The van der Waals surface area contributed by atoms with Gasteiger partial charge in [0.05, 0.1) is 12.7 Å². The Kier molecular flexibility index (Phi) is 4.67. The molecule has 1 N–H and O–H groups in total. The van der Waals surface area contributed by atoms with Crippen molar-refractivity contribution in [1.82, 2.24) is 10.2 Å². The van der Waals surface area contributed by atoms with Crippen molar-refractivity contribution >= 4 is 11.5 Å². The second kappa shape index (κ2) is 7.08. The second-order valence-corrected chi connectivity index (χ2v) is 7.11.